The van der Waals surface area contributed by atoms with Crippen LogP contribution in [0, 0.1) is 0 Å². The Morgan fingerprint density at radius 1 is 1.00 bits per heavy atom. The highest BCUT2D eigenvalue weighted by Gasteiger charge is 2.26. The maximum absolute atomic E-state index is 12.4. The van der Waals surface area contributed by atoms with Crippen LogP contribution in [0.5, 0.6) is 5.75 Å². The van der Waals surface area contributed by atoms with Crippen LogP contribution >= 0.6 is 11.6 Å². The number of hydrogen-bond acceptors (Lipinski definition) is 4. The third-order valence-corrected chi connectivity index (χ3v) is 4.61. The summed E-state index contributed by atoms with van der Waals surface area (Å²) in [4.78, 5) is 26.5. The van der Waals surface area contributed by atoms with Crippen LogP contribution in [0.3, 0.4) is 0 Å². The molecule has 1 aliphatic heterocycles. The van der Waals surface area contributed by atoms with E-state index in [4.69, 9.17) is 21.1 Å². The van der Waals surface area contributed by atoms with E-state index < -0.39 is 0 Å². The standard InChI is InChI=1S/C21H22ClNO4/c1-14-11-23(12-15(2)27-14)20(24)13-26-19-9-5-17(6-10-19)21(25)16-3-7-18(22)8-4-16/h3-10,14-15H,11-13H2,1-2H3/t14-,15+. The van der Waals surface area contributed by atoms with E-state index in [1.807, 2.05) is 13.8 Å². The number of carbonyl (C=O) groups is 2. The number of hydrogen-bond donors (Lipinski definition) is 0. The maximum atomic E-state index is 12.4. The average Bonchev–Trinajstić information content (AvgIpc) is 2.66. The molecule has 0 aliphatic carbocycles. The quantitative estimate of drug-likeness (QED) is 0.736. The molecule has 6 heteroatoms. The van der Waals surface area contributed by atoms with E-state index in [-0.39, 0.29) is 30.5 Å². The van der Waals surface area contributed by atoms with Crippen molar-refractivity contribution in [1.29, 1.82) is 0 Å². The van der Waals surface area contributed by atoms with Gasteiger partial charge in [-0.05, 0) is 62.4 Å². The molecule has 1 heterocycles. The average molecular weight is 388 g/mol. The Hall–Kier alpha value is -2.37. The number of amides is 1. The van der Waals surface area contributed by atoms with Crippen molar-refractivity contribution in [2.75, 3.05) is 19.7 Å². The van der Waals surface area contributed by atoms with E-state index >= 15 is 0 Å². The van der Waals surface area contributed by atoms with Gasteiger partial charge in [-0.15, -0.1) is 0 Å². The third kappa shape index (κ3) is 5.08. The summed E-state index contributed by atoms with van der Waals surface area (Å²) in [5.74, 6) is 0.384. The first-order valence-electron chi connectivity index (χ1n) is 8.88. The Balaban J connectivity index is 1.57. The molecule has 1 fully saturated rings. The van der Waals surface area contributed by atoms with Crippen molar-refractivity contribution in [3.05, 3.63) is 64.7 Å². The molecule has 2 aromatic rings. The van der Waals surface area contributed by atoms with E-state index in [9.17, 15) is 9.59 Å². The van der Waals surface area contributed by atoms with E-state index in [1.165, 1.54) is 0 Å². The van der Waals surface area contributed by atoms with E-state index in [0.717, 1.165) is 0 Å². The molecule has 0 saturated carbocycles. The molecule has 27 heavy (non-hydrogen) atoms. The summed E-state index contributed by atoms with van der Waals surface area (Å²) in [5, 5.41) is 0.587. The lowest BCUT2D eigenvalue weighted by Crippen LogP contribution is -2.49. The molecule has 0 aromatic heterocycles. The first-order valence-corrected chi connectivity index (χ1v) is 9.26. The molecule has 1 saturated heterocycles. The van der Waals surface area contributed by atoms with Gasteiger partial charge < -0.3 is 14.4 Å². The summed E-state index contributed by atoms with van der Waals surface area (Å²) in [7, 11) is 0. The molecule has 0 radical (unpaired) electrons. The van der Waals surface area contributed by atoms with Crippen molar-refractivity contribution >= 4 is 23.3 Å². The van der Waals surface area contributed by atoms with Crippen molar-refractivity contribution in [2.24, 2.45) is 0 Å². The van der Waals surface area contributed by atoms with Gasteiger partial charge in [0.2, 0.25) is 0 Å². The van der Waals surface area contributed by atoms with E-state index in [1.54, 1.807) is 53.4 Å². The lowest BCUT2D eigenvalue weighted by molar-refractivity contribution is -0.145. The lowest BCUT2D eigenvalue weighted by atomic mass is 10.0. The topological polar surface area (TPSA) is 55.8 Å². The number of rotatable bonds is 5. The predicted octanol–water partition coefficient (Wildman–Crippen LogP) is 3.59. The van der Waals surface area contributed by atoms with Crippen molar-refractivity contribution in [3.8, 4) is 5.75 Å². The molecule has 0 N–H and O–H groups in total. The summed E-state index contributed by atoms with van der Waals surface area (Å²) in [6.45, 7) is 5.01. The monoisotopic (exact) mass is 387 g/mol. The van der Waals surface area contributed by atoms with Crippen LogP contribution < -0.4 is 4.74 Å². The molecular weight excluding hydrogens is 366 g/mol. The van der Waals surface area contributed by atoms with Gasteiger partial charge >= 0.3 is 0 Å². The highest BCUT2D eigenvalue weighted by Crippen LogP contribution is 2.18. The smallest absolute Gasteiger partial charge is 0.260 e. The molecule has 0 spiro atoms. The Morgan fingerprint density at radius 3 is 2.07 bits per heavy atom. The molecule has 0 bridgehead atoms. The minimum Gasteiger partial charge on any atom is -0.484 e. The fourth-order valence-electron chi connectivity index (χ4n) is 3.09. The second kappa shape index (κ2) is 8.55. The first-order chi connectivity index (χ1) is 12.9. The first kappa shape index (κ1) is 19.4. The Kier molecular flexibility index (Phi) is 6.14. The summed E-state index contributed by atoms with van der Waals surface area (Å²) in [5.41, 5.74) is 1.12. The zero-order valence-corrected chi connectivity index (χ0v) is 16.1. The van der Waals surface area contributed by atoms with Crippen molar-refractivity contribution in [3.63, 3.8) is 0 Å². The SMILES string of the molecule is C[C@@H]1CN(C(=O)COc2ccc(C(=O)c3ccc(Cl)cc3)cc2)C[C@H](C)O1. The van der Waals surface area contributed by atoms with Crippen LogP contribution in [0.25, 0.3) is 0 Å². The second-order valence-electron chi connectivity index (χ2n) is 6.71. The van der Waals surface area contributed by atoms with Crippen LogP contribution in [-0.2, 0) is 9.53 Å². The molecule has 3 rings (SSSR count). The fraction of sp³-hybridized carbons (Fsp3) is 0.333. The molecule has 142 valence electrons. The Bertz CT molecular complexity index is 794. The highest BCUT2D eigenvalue weighted by atomic mass is 35.5. The van der Waals surface area contributed by atoms with E-state index in [0.29, 0.717) is 35.0 Å². The van der Waals surface area contributed by atoms with Gasteiger partial charge in [0.1, 0.15) is 5.75 Å². The van der Waals surface area contributed by atoms with Gasteiger partial charge in [0.05, 0.1) is 12.2 Å². The van der Waals surface area contributed by atoms with Crippen LogP contribution in [0.2, 0.25) is 5.02 Å². The summed E-state index contributed by atoms with van der Waals surface area (Å²) >= 11 is 5.85. The molecule has 2 aromatic carbocycles. The summed E-state index contributed by atoms with van der Waals surface area (Å²) in [6, 6.07) is 13.5. The van der Waals surface area contributed by atoms with Crippen LogP contribution in [0.15, 0.2) is 48.5 Å². The minimum absolute atomic E-state index is 0.0239. The fourth-order valence-corrected chi connectivity index (χ4v) is 3.21. The number of ketones is 1. The van der Waals surface area contributed by atoms with Gasteiger partial charge in [-0.1, -0.05) is 11.6 Å². The largest absolute Gasteiger partial charge is 0.484 e. The van der Waals surface area contributed by atoms with Gasteiger partial charge in [-0.25, -0.2) is 0 Å². The highest BCUT2D eigenvalue weighted by molar-refractivity contribution is 6.30. The van der Waals surface area contributed by atoms with Gasteiger partial charge in [-0.3, -0.25) is 9.59 Å². The van der Waals surface area contributed by atoms with Crippen LogP contribution in [0.1, 0.15) is 29.8 Å². The van der Waals surface area contributed by atoms with Gasteiger partial charge in [0.25, 0.3) is 5.91 Å². The van der Waals surface area contributed by atoms with Crippen LogP contribution in [-0.4, -0.2) is 48.5 Å². The molecule has 0 unspecified atom stereocenters. The number of morpholine rings is 1. The number of halogens is 1. The normalized spacial score (nSPS) is 19.6. The summed E-state index contributed by atoms with van der Waals surface area (Å²) < 4.78 is 11.2. The van der Waals surface area contributed by atoms with Gasteiger partial charge in [0.15, 0.2) is 12.4 Å². The molecular formula is C21H22ClNO4. The zero-order valence-electron chi connectivity index (χ0n) is 15.4. The number of nitrogens with zero attached hydrogens (tertiary/aromatic N) is 1. The number of ether oxygens (including phenoxy) is 2. The van der Waals surface area contributed by atoms with E-state index in [2.05, 4.69) is 0 Å². The molecule has 5 nitrogen and oxygen atoms in total. The van der Waals surface area contributed by atoms with Crippen molar-refractivity contribution < 1.29 is 19.1 Å². The second-order valence-corrected chi connectivity index (χ2v) is 7.14. The summed E-state index contributed by atoms with van der Waals surface area (Å²) in [6.07, 6.45) is 0.0479. The predicted molar refractivity (Wildman–Crippen MR) is 103 cm³/mol. The van der Waals surface area contributed by atoms with Crippen molar-refractivity contribution in [2.45, 2.75) is 26.1 Å². The zero-order chi connectivity index (χ0) is 19.4. The number of benzene rings is 2. The Morgan fingerprint density at radius 2 is 1.52 bits per heavy atom. The molecule has 1 aliphatic rings. The Labute approximate surface area is 163 Å². The minimum atomic E-state index is -0.0921. The third-order valence-electron chi connectivity index (χ3n) is 4.36. The van der Waals surface area contributed by atoms with Crippen molar-refractivity contribution in [1.82, 2.24) is 4.90 Å². The van der Waals surface area contributed by atoms with Crippen LogP contribution in [0.4, 0.5) is 0 Å². The van der Waals surface area contributed by atoms with Gasteiger partial charge in [-0.2, -0.15) is 0 Å². The lowest BCUT2D eigenvalue weighted by Gasteiger charge is -2.35. The number of carbonyl (C=O) groups excluding carboxylic acids is 2. The molecule has 1 amide bonds. The maximum Gasteiger partial charge on any atom is 0.260 e. The van der Waals surface area contributed by atoms with Gasteiger partial charge in [0, 0.05) is 29.2 Å². The molecule has 2 atom stereocenters.